The third-order valence-electron chi connectivity index (χ3n) is 13.3. The normalized spacial score (nSPS) is 56.3. The van der Waals surface area contributed by atoms with Crippen LogP contribution in [0.5, 0.6) is 0 Å². The minimum absolute atomic E-state index is 0.0291. The smallest absolute Gasteiger partial charge is 0.310 e. The number of aliphatic carboxylic acids is 1. The highest BCUT2D eigenvalue weighted by molar-refractivity contribution is 5.95. The highest BCUT2D eigenvalue weighted by atomic mass is 16.6. The van der Waals surface area contributed by atoms with E-state index in [0.29, 0.717) is 11.8 Å². The number of epoxide rings is 1. The topological polar surface area (TPSA) is 66.9 Å². The van der Waals surface area contributed by atoms with Gasteiger partial charge in [-0.05, 0) is 85.5 Å². The summed E-state index contributed by atoms with van der Waals surface area (Å²) in [5.74, 6) is 0.568. The standard InChI is InChI=1S/C30H44O4/c1-24(2)12-14-29(23(32)33)15-13-28(7)27(6)11-8-18-25(3,4)21(31)9-10-26(18,5)19(27)16-22-30(28,34-22)20(29)17-24/h9-10,18-20,22H,8,11-17H2,1-7H3,(H,32,33). The second kappa shape index (κ2) is 6.21. The van der Waals surface area contributed by atoms with Gasteiger partial charge in [-0.3, -0.25) is 9.59 Å². The van der Waals surface area contributed by atoms with Crippen molar-refractivity contribution in [1.82, 2.24) is 0 Å². The average molecular weight is 469 g/mol. The molecule has 9 atom stereocenters. The molecule has 4 nitrogen and oxygen atoms in total. The summed E-state index contributed by atoms with van der Waals surface area (Å²) >= 11 is 0. The van der Waals surface area contributed by atoms with Crippen LogP contribution in [-0.2, 0) is 14.3 Å². The minimum atomic E-state index is -0.632. The Balaban J connectivity index is 1.47. The molecular formula is C30H44O4. The van der Waals surface area contributed by atoms with E-state index in [2.05, 4.69) is 54.5 Å². The molecule has 0 radical (unpaired) electrons. The molecule has 0 aromatic carbocycles. The van der Waals surface area contributed by atoms with Crippen molar-refractivity contribution in [3.05, 3.63) is 12.2 Å². The lowest BCUT2D eigenvalue weighted by molar-refractivity contribution is -0.223. The first-order valence-electron chi connectivity index (χ1n) is 13.8. The number of hydrogen-bond donors (Lipinski definition) is 1. The Morgan fingerprint density at radius 1 is 0.941 bits per heavy atom. The molecular weight excluding hydrogens is 424 g/mol. The van der Waals surface area contributed by atoms with E-state index in [0.717, 1.165) is 51.4 Å². The van der Waals surface area contributed by atoms with Gasteiger partial charge in [-0.15, -0.1) is 0 Å². The lowest BCUT2D eigenvalue weighted by Crippen LogP contribution is -2.71. The Morgan fingerprint density at radius 3 is 2.29 bits per heavy atom. The number of hydrogen-bond acceptors (Lipinski definition) is 3. The zero-order chi connectivity index (χ0) is 24.7. The largest absolute Gasteiger partial charge is 0.481 e. The van der Waals surface area contributed by atoms with Gasteiger partial charge < -0.3 is 9.84 Å². The Hall–Kier alpha value is -1.16. The Kier molecular flexibility index (Phi) is 4.25. The number of rotatable bonds is 1. The maximum Gasteiger partial charge on any atom is 0.310 e. The number of carbonyl (C=O) groups excluding carboxylic acids is 1. The maximum absolute atomic E-state index is 12.9. The van der Waals surface area contributed by atoms with Crippen LogP contribution < -0.4 is 0 Å². The van der Waals surface area contributed by atoms with E-state index in [1.54, 1.807) is 0 Å². The van der Waals surface area contributed by atoms with Crippen LogP contribution in [0.1, 0.15) is 99.8 Å². The van der Waals surface area contributed by atoms with Gasteiger partial charge in [0.05, 0.1) is 11.5 Å². The van der Waals surface area contributed by atoms with Gasteiger partial charge in [-0.2, -0.15) is 0 Å². The molecule has 1 saturated heterocycles. The van der Waals surface area contributed by atoms with Crippen molar-refractivity contribution >= 4 is 11.8 Å². The summed E-state index contributed by atoms with van der Waals surface area (Å²) < 4.78 is 6.91. The van der Waals surface area contributed by atoms with Crippen LogP contribution in [0.3, 0.4) is 0 Å². The summed E-state index contributed by atoms with van der Waals surface area (Å²) in [7, 11) is 0. The molecule has 188 valence electrons. The van der Waals surface area contributed by atoms with Crippen molar-refractivity contribution in [2.45, 2.75) is 112 Å². The molecule has 9 unspecified atom stereocenters. The van der Waals surface area contributed by atoms with Gasteiger partial charge in [0.2, 0.25) is 0 Å². The molecule has 5 fully saturated rings. The third kappa shape index (κ3) is 2.32. The highest BCUT2D eigenvalue weighted by Crippen LogP contribution is 2.82. The average Bonchev–Trinajstić information content (AvgIpc) is 3.47. The number of carboxylic acids is 1. The summed E-state index contributed by atoms with van der Waals surface area (Å²) in [5, 5.41) is 10.6. The SMILES string of the molecule is CC1(C)CCC2(C(=O)O)CCC3(C)C4(C)CCC5C(C)(C)C(=O)C=CC5(C)C4CC4OC43C2C1. The zero-order valence-electron chi connectivity index (χ0n) is 22.3. The molecule has 6 aliphatic rings. The van der Waals surface area contributed by atoms with Gasteiger partial charge in [0, 0.05) is 16.7 Å². The molecule has 4 saturated carbocycles. The molecule has 0 aromatic heterocycles. The Morgan fingerprint density at radius 2 is 1.62 bits per heavy atom. The van der Waals surface area contributed by atoms with E-state index in [1.165, 1.54) is 0 Å². The summed E-state index contributed by atoms with van der Waals surface area (Å²) in [6.45, 7) is 16.3. The Labute approximate surface area is 205 Å². The number of ketones is 1. The van der Waals surface area contributed by atoms with Crippen molar-refractivity contribution in [1.29, 1.82) is 0 Å². The summed E-state index contributed by atoms with van der Waals surface area (Å²) in [6, 6.07) is 0. The molecule has 5 aliphatic carbocycles. The third-order valence-corrected chi connectivity index (χ3v) is 13.3. The van der Waals surface area contributed by atoms with E-state index < -0.39 is 11.4 Å². The molecule has 34 heavy (non-hydrogen) atoms. The molecule has 6 rings (SSSR count). The van der Waals surface area contributed by atoms with Gasteiger partial charge in [-0.1, -0.05) is 54.5 Å². The summed E-state index contributed by atoms with van der Waals surface area (Å²) in [4.78, 5) is 25.7. The second-order valence-corrected chi connectivity index (χ2v) is 15.2. The van der Waals surface area contributed by atoms with Gasteiger partial charge in [-0.25, -0.2) is 0 Å². The van der Waals surface area contributed by atoms with Crippen LogP contribution in [0.2, 0.25) is 0 Å². The second-order valence-electron chi connectivity index (χ2n) is 15.2. The molecule has 0 aromatic rings. The molecule has 1 heterocycles. The predicted octanol–water partition coefficient (Wildman–Crippen LogP) is 6.43. The van der Waals surface area contributed by atoms with E-state index >= 15 is 0 Å². The molecule has 1 N–H and O–H groups in total. The number of allylic oxidation sites excluding steroid dienone is 2. The summed E-state index contributed by atoms with van der Waals surface area (Å²) in [6.07, 6.45) is 11.9. The maximum atomic E-state index is 12.9. The van der Waals surface area contributed by atoms with Crippen molar-refractivity contribution in [2.75, 3.05) is 0 Å². The van der Waals surface area contributed by atoms with Crippen molar-refractivity contribution < 1.29 is 19.4 Å². The van der Waals surface area contributed by atoms with Crippen LogP contribution in [-0.4, -0.2) is 28.6 Å². The molecule has 0 bridgehead atoms. The first-order valence-corrected chi connectivity index (χ1v) is 13.8. The van der Waals surface area contributed by atoms with Crippen molar-refractivity contribution in [3.63, 3.8) is 0 Å². The fourth-order valence-corrected chi connectivity index (χ4v) is 11.1. The minimum Gasteiger partial charge on any atom is -0.481 e. The monoisotopic (exact) mass is 468 g/mol. The van der Waals surface area contributed by atoms with Crippen LogP contribution >= 0.6 is 0 Å². The van der Waals surface area contributed by atoms with Crippen LogP contribution in [0.4, 0.5) is 0 Å². The van der Waals surface area contributed by atoms with Gasteiger partial charge in [0.25, 0.3) is 0 Å². The van der Waals surface area contributed by atoms with Crippen LogP contribution in [0, 0.1) is 50.2 Å². The number of ether oxygens (including phenoxy) is 1. The Bertz CT molecular complexity index is 1010. The van der Waals surface area contributed by atoms with E-state index in [-0.39, 0.29) is 50.5 Å². The first-order chi connectivity index (χ1) is 15.6. The number of carboxylic acid groups (broad SMARTS) is 1. The lowest BCUT2D eigenvalue weighted by Gasteiger charge is -2.70. The van der Waals surface area contributed by atoms with Gasteiger partial charge in [0.15, 0.2) is 5.78 Å². The molecule has 4 heteroatoms. The fraction of sp³-hybridized carbons (Fsp3) is 0.867. The number of fused-ring (bicyclic) bond motifs is 5. The predicted molar refractivity (Wildman–Crippen MR) is 131 cm³/mol. The van der Waals surface area contributed by atoms with Crippen LogP contribution in [0.25, 0.3) is 0 Å². The molecule has 0 amide bonds. The quantitative estimate of drug-likeness (QED) is 0.450. The van der Waals surface area contributed by atoms with Crippen molar-refractivity contribution in [3.8, 4) is 0 Å². The summed E-state index contributed by atoms with van der Waals surface area (Å²) in [5.41, 5.74) is -1.12. The fourth-order valence-electron chi connectivity index (χ4n) is 11.1. The molecule has 1 aliphatic heterocycles. The first kappa shape index (κ1) is 23.3. The molecule has 1 spiro atoms. The highest BCUT2D eigenvalue weighted by Gasteiger charge is 2.85. The zero-order valence-corrected chi connectivity index (χ0v) is 22.3. The number of carbonyl (C=O) groups is 2. The van der Waals surface area contributed by atoms with E-state index in [9.17, 15) is 14.7 Å². The van der Waals surface area contributed by atoms with Crippen molar-refractivity contribution in [2.24, 2.45) is 50.2 Å². The lowest BCUT2D eigenvalue weighted by atomic mass is 9.32. The van der Waals surface area contributed by atoms with Gasteiger partial charge in [0.1, 0.15) is 5.60 Å². The van der Waals surface area contributed by atoms with Crippen LogP contribution in [0.15, 0.2) is 12.2 Å². The van der Waals surface area contributed by atoms with E-state index in [1.807, 2.05) is 6.08 Å². The van der Waals surface area contributed by atoms with Gasteiger partial charge >= 0.3 is 5.97 Å². The van der Waals surface area contributed by atoms with E-state index in [4.69, 9.17) is 4.74 Å².